The van der Waals surface area contributed by atoms with E-state index < -0.39 is 11.7 Å². The van der Waals surface area contributed by atoms with Crippen LogP contribution in [-0.4, -0.2) is 70.4 Å². The van der Waals surface area contributed by atoms with Crippen molar-refractivity contribution in [3.05, 3.63) is 34.3 Å². The molecular formula is C18H23BrN2O4. The highest BCUT2D eigenvalue weighted by molar-refractivity contribution is 9.10. The summed E-state index contributed by atoms with van der Waals surface area (Å²) in [6.45, 7) is 5.33. The minimum absolute atomic E-state index is 0.0220. The second kappa shape index (κ2) is 7.07. The average Bonchev–Trinajstić information content (AvgIpc) is 2.54. The van der Waals surface area contributed by atoms with Crippen molar-refractivity contribution in [3.8, 4) is 5.75 Å². The van der Waals surface area contributed by atoms with E-state index in [4.69, 9.17) is 9.84 Å². The van der Waals surface area contributed by atoms with E-state index in [1.165, 1.54) is 0 Å². The zero-order chi connectivity index (χ0) is 18.2. The first-order chi connectivity index (χ1) is 11.8. The molecule has 1 fully saturated rings. The van der Waals surface area contributed by atoms with E-state index in [-0.39, 0.29) is 19.1 Å². The van der Waals surface area contributed by atoms with Gasteiger partial charge in [-0.15, -0.1) is 0 Å². The Kier molecular flexibility index (Phi) is 5.20. The summed E-state index contributed by atoms with van der Waals surface area (Å²) in [5, 5.41) is 18.6. The van der Waals surface area contributed by atoms with Crippen molar-refractivity contribution >= 4 is 27.5 Å². The summed E-state index contributed by atoms with van der Waals surface area (Å²) in [6.07, 6.45) is 1.16. The Balaban J connectivity index is 1.85. The molecule has 0 saturated carbocycles. The van der Waals surface area contributed by atoms with Gasteiger partial charge in [0, 0.05) is 29.7 Å². The second-order valence-electron chi connectivity index (χ2n) is 6.99. The zero-order valence-electron chi connectivity index (χ0n) is 14.4. The number of piperazine rings is 1. The van der Waals surface area contributed by atoms with E-state index >= 15 is 0 Å². The Morgan fingerprint density at radius 3 is 2.80 bits per heavy atom. The molecule has 6 nitrogen and oxygen atoms in total. The summed E-state index contributed by atoms with van der Waals surface area (Å²) in [5.41, 5.74) is 1.26. The summed E-state index contributed by atoms with van der Waals surface area (Å²) >= 11 is 3.48. The monoisotopic (exact) mass is 410 g/mol. The van der Waals surface area contributed by atoms with Crippen LogP contribution in [0.4, 0.5) is 0 Å². The number of nitrogens with zero attached hydrogens (tertiary/aromatic N) is 2. The molecule has 3 rings (SSSR count). The second-order valence-corrected chi connectivity index (χ2v) is 7.91. The van der Waals surface area contributed by atoms with Crippen molar-refractivity contribution in [1.82, 2.24) is 9.80 Å². The Hall–Kier alpha value is -1.41. The van der Waals surface area contributed by atoms with E-state index in [2.05, 4.69) is 15.9 Å². The fourth-order valence-corrected chi connectivity index (χ4v) is 3.58. The topological polar surface area (TPSA) is 73.2 Å². The lowest BCUT2D eigenvalue weighted by molar-refractivity contribution is -0.132. The van der Waals surface area contributed by atoms with Gasteiger partial charge in [-0.25, -0.2) is 0 Å². The minimum atomic E-state index is -0.822. The van der Waals surface area contributed by atoms with Gasteiger partial charge in [-0.1, -0.05) is 15.9 Å². The highest BCUT2D eigenvalue weighted by Crippen LogP contribution is 2.39. The number of halogens is 1. The van der Waals surface area contributed by atoms with Gasteiger partial charge in [-0.2, -0.15) is 0 Å². The predicted molar refractivity (Wildman–Crippen MR) is 98.1 cm³/mol. The number of fused-ring (bicyclic) bond motifs is 1. The largest absolute Gasteiger partial charge is 0.483 e. The van der Waals surface area contributed by atoms with Gasteiger partial charge in [0.15, 0.2) is 0 Å². The normalized spacial score (nSPS) is 21.4. The fourth-order valence-electron chi connectivity index (χ4n) is 3.22. The van der Waals surface area contributed by atoms with E-state index in [9.17, 15) is 9.90 Å². The number of β-amino-alcohol motifs (C(OH)–C–C–N with tert-alkyl or cyclic N) is 1. The van der Waals surface area contributed by atoms with Crippen molar-refractivity contribution in [3.63, 3.8) is 0 Å². The van der Waals surface area contributed by atoms with Gasteiger partial charge < -0.3 is 19.8 Å². The van der Waals surface area contributed by atoms with Gasteiger partial charge in [0.05, 0.1) is 25.0 Å². The van der Waals surface area contributed by atoms with Crippen LogP contribution in [0.15, 0.2) is 28.7 Å². The highest BCUT2D eigenvalue weighted by Gasteiger charge is 2.34. The van der Waals surface area contributed by atoms with E-state index in [1.807, 2.05) is 43.0 Å². The third-order valence-corrected chi connectivity index (χ3v) is 4.84. The highest BCUT2D eigenvalue weighted by atomic mass is 79.9. The lowest BCUT2D eigenvalue weighted by Crippen LogP contribution is -2.52. The maximum absolute atomic E-state index is 12.7. The van der Waals surface area contributed by atoms with Gasteiger partial charge in [-0.3, -0.25) is 9.69 Å². The molecule has 2 heterocycles. The standard InChI is InChI=1S/C18H23BrN2O4/c1-18(2)8-15(14-7-12(19)3-4-16(14)25-18)21-6-5-20(10-17(21)24)9-13(23)11-22/h3-4,7-8,13,22-23H,5-6,9-11H2,1-2H3. The molecule has 0 aromatic heterocycles. The van der Waals surface area contributed by atoms with Crippen molar-refractivity contribution in [2.75, 3.05) is 32.8 Å². The Bertz CT molecular complexity index is 704. The molecule has 136 valence electrons. The van der Waals surface area contributed by atoms with E-state index in [1.54, 1.807) is 4.90 Å². The molecule has 1 aromatic carbocycles. The molecule has 0 bridgehead atoms. The summed E-state index contributed by atoms with van der Waals surface area (Å²) < 4.78 is 6.94. The maximum Gasteiger partial charge on any atom is 0.241 e. The molecule has 1 unspecified atom stereocenters. The van der Waals surface area contributed by atoms with Crippen LogP contribution >= 0.6 is 15.9 Å². The molecule has 7 heteroatoms. The number of aliphatic hydroxyl groups is 2. The van der Waals surface area contributed by atoms with Crippen molar-refractivity contribution in [1.29, 1.82) is 0 Å². The lowest BCUT2D eigenvalue weighted by atomic mass is 9.97. The first-order valence-corrected chi connectivity index (χ1v) is 9.12. The number of rotatable bonds is 4. The summed E-state index contributed by atoms with van der Waals surface area (Å²) in [4.78, 5) is 16.4. The zero-order valence-corrected chi connectivity index (χ0v) is 16.0. The SMILES string of the molecule is CC1(C)C=C(N2CCN(CC(O)CO)CC2=O)c2cc(Br)ccc2O1. The van der Waals surface area contributed by atoms with Crippen molar-refractivity contribution in [2.24, 2.45) is 0 Å². The molecule has 25 heavy (non-hydrogen) atoms. The third-order valence-electron chi connectivity index (χ3n) is 4.35. The van der Waals surface area contributed by atoms with E-state index in [0.717, 1.165) is 21.5 Å². The third kappa shape index (κ3) is 4.06. The van der Waals surface area contributed by atoms with Gasteiger partial charge in [-0.05, 0) is 38.1 Å². The number of carbonyl (C=O) groups is 1. The first-order valence-electron chi connectivity index (χ1n) is 8.32. The molecule has 1 amide bonds. The number of ether oxygens (including phenoxy) is 1. The van der Waals surface area contributed by atoms with Crippen LogP contribution in [0.1, 0.15) is 19.4 Å². The number of hydrogen-bond donors (Lipinski definition) is 2. The molecule has 1 saturated heterocycles. The molecule has 2 aliphatic rings. The molecule has 2 aliphatic heterocycles. The van der Waals surface area contributed by atoms with Crippen molar-refractivity contribution in [2.45, 2.75) is 25.6 Å². The van der Waals surface area contributed by atoms with Crippen LogP contribution in [0.5, 0.6) is 5.75 Å². The molecule has 0 spiro atoms. The van der Waals surface area contributed by atoms with Crippen LogP contribution < -0.4 is 4.74 Å². The molecule has 0 aliphatic carbocycles. The Labute approximate surface area is 155 Å². The van der Waals surface area contributed by atoms with E-state index in [0.29, 0.717) is 19.6 Å². The predicted octanol–water partition coefficient (Wildman–Crippen LogP) is 1.46. The molecule has 1 aromatic rings. The Morgan fingerprint density at radius 1 is 1.36 bits per heavy atom. The smallest absolute Gasteiger partial charge is 0.241 e. The number of carbonyl (C=O) groups excluding carboxylic acids is 1. The molecular weight excluding hydrogens is 388 g/mol. The lowest BCUT2D eigenvalue weighted by Gasteiger charge is -2.40. The molecule has 2 N–H and O–H groups in total. The maximum atomic E-state index is 12.7. The number of benzene rings is 1. The van der Waals surface area contributed by atoms with Crippen LogP contribution in [0.2, 0.25) is 0 Å². The summed E-state index contributed by atoms with van der Waals surface area (Å²) in [6, 6.07) is 5.80. The number of hydrogen-bond acceptors (Lipinski definition) is 5. The minimum Gasteiger partial charge on any atom is -0.483 e. The summed E-state index contributed by atoms with van der Waals surface area (Å²) in [7, 11) is 0. The summed E-state index contributed by atoms with van der Waals surface area (Å²) in [5.74, 6) is 0.739. The van der Waals surface area contributed by atoms with Crippen LogP contribution in [0.3, 0.4) is 0 Å². The van der Waals surface area contributed by atoms with Crippen LogP contribution in [-0.2, 0) is 4.79 Å². The number of amides is 1. The molecule has 0 radical (unpaired) electrons. The molecule has 1 atom stereocenters. The van der Waals surface area contributed by atoms with Gasteiger partial charge in [0.1, 0.15) is 11.4 Å². The average molecular weight is 411 g/mol. The number of aliphatic hydroxyl groups excluding tert-OH is 2. The fraction of sp³-hybridized carbons (Fsp3) is 0.500. The van der Waals surface area contributed by atoms with Crippen LogP contribution in [0, 0.1) is 0 Å². The van der Waals surface area contributed by atoms with Gasteiger partial charge in [0.25, 0.3) is 0 Å². The quantitative estimate of drug-likeness (QED) is 0.785. The van der Waals surface area contributed by atoms with Crippen LogP contribution in [0.25, 0.3) is 5.70 Å². The van der Waals surface area contributed by atoms with Gasteiger partial charge in [0.2, 0.25) is 5.91 Å². The first kappa shape index (κ1) is 18.4. The van der Waals surface area contributed by atoms with Crippen molar-refractivity contribution < 1.29 is 19.7 Å². The van der Waals surface area contributed by atoms with Gasteiger partial charge >= 0.3 is 0 Å². The Morgan fingerprint density at radius 2 is 2.12 bits per heavy atom.